The third kappa shape index (κ3) is 4.05. The van der Waals surface area contributed by atoms with Gasteiger partial charge in [0.05, 0.1) is 10.6 Å². The molecule has 2 rings (SSSR count). The molecule has 2 aromatic rings. The molecule has 0 aromatic heterocycles. The lowest BCUT2D eigenvalue weighted by atomic mass is 10.1. The third-order valence-corrected chi connectivity index (χ3v) is 5.30. The molecule has 0 aliphatic heterocycles. The predicted octanol–water partition coefficient (Wildman–Crippen LogP) is 3.95. The Morgan fingerprint density at radius 1 is 0.957 bits per heavy atom. The number of benzene rings is 2. The first-order chi connectivity index (χ1) is 10.9. The van der Waals surface area contributed by atoms with Crippen molar-refractivity contribution < 1.29 is 8.42 Å². The molecule has 0 heterocycles. The number of rotatable bonds is 6. The lowest BCUT2D eigenvalue weighted by Gasteiger charge is -2.22. The molecule has 0 aliphatic carbocycles. The van der Waals surface area contributed by atoms with Gasteiger partial charge in [-0.05, 0) is 63.6 Å². The van der Waals surface area contributed by atoms with E-state index in [0.29, 0.717) is 5.69 Å². The Balaban J connectivity index is 2.27. The quantitative estimate of drug-likeness (QED) is 0.871. The van der Waals surface area contributed by atoms with Crippen LogP contribution < -0.4 is 9.62 Å². The van der Waals surface area contributed by atoms with Crippen molar-refractivity contribution in [2.75, 3.05) is 22.7 Å². The molecular formula is C18H24N2O2S. The second-order valence-electron chi connectivity index (χ2n) is 5.59. The molecular weight excluding hydrogens is 308 g/mol. The van der Waals surface area contributed by atoms with Crippen molar-refractivity contribution in [1.29, 1.82) is 0 Å². The molecule has 0 spiro atoms. The Morgan fingerprint density at radius 3 is 2.09 bits per heavy atom. The first-order valence-corrected chi connectivity index (χ1v) is 9.30. The van der Waals surface area contributed by atoms with Gasteiger partial charge in [-0.3, -0.25) is 4.72 Å². The summed E-state index contributed by atoms with van der Waals surface area (Å²) in [6.45, 7) is 9.90. The van der Waals surface area contributed by atoms with E-state index in [1.807, 2.05) is 32.0 Å². The highest BCUT2D eigenvalue weighted by atomic mass is 32.2. The van der Waals surface area contributed by atoms with E-state index in [1.165, 1.54) is 0 Å². The van der Waals surface area contributed by atoms with Gasteiger partial charge in [-0.2, -0.15) is 0 Å². The highest BCUT2D eigenvalue weighted by molar-refractivity contribution is 7.92. The van der Waals surface area contributed by atoms with Crippen LogP contribution in [0.1, 0.15) is 25.0 Å². The van der Waals surface area contributed by atoms with E-state index in [1.54, 1.807) is 24.3 Å². The van der Waals surface area contributed by atoms with Gasteiger partial charge >= 0.3 is 0 Å². The number of anilines is 2. The number of nitrogens with zero attached hydrogens (tertiary/aromatic N) is 1. The molecule has 4 nitrogen and oxygen atoms in total. The number of hydrogen-bond acceptors (Lipinski definition) is 3. The van der Waals surface area contributed by atoms with Gasteiger partial charge in [-0.15, -0.1) is 0 Å². The van der Waals surface area contributed by atoms with Crippen molar-refractivity contribution in [3.63, 3.8) is 0 Å². The minimum absolute atomic E-state index is 0.273. The van der Waals surface area contributed by atoms with Crippen molar-refractivity contribution in [3.8, 4) is 0 Å². The van der Waals surface area contributed by atoms with Crippen LogP contribution in [-0.2, 0) is 10.0 Å². The van der Waals surface area contributed by atoms with E-state index in [0.717, 1.165) is 29.9 Å². The summed E-state index contributed by atoms with van der Waals surface area (Å²) in [7, 11) is -3.56. The first kappa shape index (κ1) is 17.3. The van der Waals surface area contributed by atoms with Crippen molar-refractivity contribution in [3.05, 3.63) is 53.6 Å². The van der Waals surface area contributed by atoms with Crippen LogP contribution in [0.3, 0.4) is 0 Å². The topological polar surface area (TPSA) is 49.4 Å². The Bertz CT molecular complexity index is 764. The van der Waals surface area contributed by atoms with Gasteiger partial charge in [0.2, 0.25) is 0 Å². The van der Waals surface area contributed by atoms with Crippen molar-refractivity contribution in [2.45, 2.75) is 32.6 Å². The first-order valence-electron chi connectivity index (χ1n) is 7.82. The average molecular weight is 332 g/mol. The van der Waals surface area contributed by atoms with Crippen LogP contribution in [-0.4, -0.2) is 21.5 Å². The minimum Gasteiger partial charge on any atom is -0.372 e. The highest BCUT2D eigenvalue weighted by Gasteiger charge is 2.15. The molecule has 0 amide bonds. The Hall–Kier alpha value is -2.01. The number of nitrogens with one attached hydrogen (secondary N) is 1. The maximum atomic E-state index is 12.5. The molecule has 5 heteroatoms. The van der Waals surface area contributed by atoms with Crippen LogP contribution in [0.15, 0.2) is 47.4 Å². The molecule has 1 N–H and O–H groups in total. The van der Waals surface area contributed by atoms with Crippen LogP contribution in [0.5, 0.6) is 0 Å². The zero-order chi connectivity index (χ0) is 17.0. The average Bonchev–Trinajstić information content (AvgIpc) is 2.51. The van der Waals surface area contributed by atoms with Crippen LogP contribution in [0, 0.1) is 13.8 Å². The second-order valence-corrected chi connectivity index (χ2v) is 7.27. The van der Waals surface area contributed by atoms with E-state index >= 15 is 0 Å². The molecule has 2 aromatic carbocycles. The summed E-state index contributed by atoms with van der Waals surface area (Å²) in [6, 6.07) is 12.6. The van der Waals surface area contributed by atoms with Gasteiger partial charge in [-0.25, -0.2) is 8.42 Å². The summed E-state index contributed by atoms with van der Waals surface area (Å²) in [4.78, 5) is 2.50. The molecule has 0 saturated heterocycles. The van der Waals surface area contributed by atoms with Crippen molar-refractivity contribution >= 4 is 21.4 Å². The van der Waals surface area contributed by atoms with Gasteiger partial charge in [0.25, 0.3) is 10.0 Å². The fourth-order valence-electron chi connectivity index (χ4n) is 2.47. The maximum absolute atomic E-state index is 12.5. The largest absolute Gasteiger partial charge is 0.372 e. The van der Waals surface area contributed by atoms with Gasteiger partial charge in [0.15, 0.2) is 0 Å². The standard InChI is InChI=1S/C18H24N2O2S/c1-5-20(6-2)16-9-12-18(15(4)13-16)19-23(21,22)17-10-7-14(3)8-11-17/h7-13,19H,5-6H2,1-4H3. The smallest absolute Gasteiger partial charge is 0.261 e. The normalized spacial score (nSPS) is 11.3. The molecule has 0 radical (unpaired) electrons. The predicted molar refractivity (Wildman–Crippen MR) is 96.7 cm³/mol. The number of sulfonamides is 1. The maximum Gasteiger partial charge on any atom is 0.261 e. The van der Waals surface area contributed by atoms with Crippen molar-refractivity contribution in [1.82, 2.24) is 0 Å². The lowest BCUT2D eigenvalue weighted by molar-refractivity contribution is 0.601. The summed E-state index contributed by atoms with van der Waals surface area (Å²) >= 11 is 0. The van der Waals surface area contributed by atoms with Crippen LogP contribution >= 0.6 is 0 Å². The lowest BCUT2D eigenvalue weighted by Crippen LogP contribution is -2.22. The summed E-state index contributed by atoms with van der Waals surface area (Å²) in [5.41, 5.74) is 3.65. The molecule has 0 unspecified atom stereocenters. The summed E-state index contributed by atoms with van der Waals surface area (Å²) < 4.78 is 27.6. The zero-order valence-electron chi connectivity index (χ0n) is 14.1. The Morgan fingerprint density at radius 2 is 1.57 bits per heavy atom. The third-order valence-electron chi connectivity index (χ3n) is 3.91. The second kappa shape index (κ2) is 7.04. The fraction of sp³-hybridized carbons (Fsp3) is 0.333. The zero-order valence-corrected chi connectivity index (χ0v) is 14.9. The summed E-state index contributed by atoms with van der Waals surface area (Å²) in [6.07, 6.45) is 0. The molecule has 124 valence electrons. The molecule has 23 heavy (non-hydrogen) atoms. The molecule has 0 fully saturated rings. The molecule has 0 bridgehead atoms. The molecule has 0 atom stereocenters. The monoisotopic (exact) mass is 332 g/mol. The van der Waals surface area contributed by atoms with Gasteiger partial charge < -0.3 is 4.90 Å². The fourth-order valence-corrected chi connectivity index (χ4v) is 3.60. The van der Waals surface area contributed by atoms with E-state index < -0.39 is 10.0 Å². The molecule has 0 aliphatic rings. The Kier molecular flexibility index (Phi) is 5.31. The van der Waals surface area contributed by atoms with Crippen LogP contribution in [0.4, 0.5) is 11.4 Å². The molecule has 0 saturated carbocycles. The van der Waals surface area contributed by atoms with Gasteiger partial charge in [0, 0.05) is 18.8 Å². The van der Waals surface area contributed by atoms with Gasteiger partial charge in [0.1, 0.15) is 0 Å². The SMILES string of the molecule is CCN(CC)c1ccc(NS(=O)(=O)c2ccc(C)cc2)c(C)c1. The summed E-state index contributed by atoms with van der Waals surface area (Å²) in [5, 5.41) is 0. The summed E-state index contributed by atoms with van der Waals surface area (Å²) in [5.74, 6) is 0. The van der Waals surface area contributed by atoms with Crippen LogP contribution in [0.2, 0.25) is 0 Å². The van der Waals surface area contributed by atoms with Crippen LogP contribution in [0.25, 0.3) is 0 Å². The van der Waals surface area contributed by atoms with Crippen molar-refractivity contribution in [2.24, 2.45) is 0 Å². The van der Waals surface area contributed by atoms with Gasteiger partial charge in [-0.1, -0.05) is 17.7 Å². The number of aryl methyl sites for hydroxylation is 2. The van der Waals surface area contributed by atoms with E-state index in [4.69, 9.17) is 0 Å². The van der Waals surface area contributed by atoms with E-state index in [2.05, 4.69) is 23.5 Å². The van der Waals surface area contributed by atoms with E-state index in [-0.39, 0.29) is 4.90 Å². The Labute approximate surface area is 139 Å². The highest BCUT2D eigenvalue weighted by Crippen LogP contribution is 2.25. The minimum atomic E-state index is -3.56. The van der Waals surface area contributed by atoms with E-state index in [9.17, 15) is 8.42 Å². The number of hydrogen-bond donors (Lipinski definition) is 1.